The van der Waals surface area contributed by atoms with Gasteiger partial charge in [-0.1, -0.05) is 23.7 Å². The van der Waals surface area contributed by atoms with Crippen molar-refractivity contribution in [2.75, 3.05) is 7.05 Å². The molecule has 1 aromatic carbocycles. The van der Waals surface area contributed by atoms with Crippen LogP contribution in [0.2, 0.25) is 5.02 Å². The average Bonchev–Trinajstić information content (AvgIpc) is 3.16. The van der Waals surface area contributed by atoms with Gasteiger partial charge < -0.3 is 15.6 Å². The third-order valence-electron chi connectivity index (χ3n) is 7.57. The summed E-state index contributed by atoms with van der Waals surface area (Å²) in [5.41, 5.74) is 7.89. The summed E-state index contributed by atoms with van der Waals surface area (Å²) in [6, 6.07) is 11.5. The van der Waals surface area contributed by atoms with E-state index in [1.54, 1.807) is 0 Å². The summed E-state index contributed by atoms with van der Waals surface area (Å²) in [4.78, 5) is 30.6. The average molecular weight is 412 g/mol. The second-order valence-corrected chi connectivity index (χ2v) is 9.75. The maximum atomic E-state index is 13.3. The molecule has 1 aromatic heterocycles. The summed E-state index contributed by atoms with van der Waals surface area (Å²) < 4.78 is 0. The Labute approximate surface area is 175 Å². The number of primary amides is 1. The molecule has 0 saturated heterocycles. The van der Waals surface area contributed by atoms with E-state index in [0.29, 0.717) is 28.5 Å². The minimum absolute atomic E-state index is 0.00359. The number of nitrogens with two attached hydrogens (primary N) is 1. The lowest BCUT2D eigenvalue weighted by Crippen LogP contribution is -2.62. The summed E-state index contributed by atoms with van der Waals surface area (Å²) in [5.74, 6) is 1.18. The van der Waals surface area contributed by atoms with E-state index >= 15 is 0 Å². The van der Waals surface area contributed by atoms with Gasteiger partial charge in [0.15, 0.2) is 0 Å². The number of aromatic nitrogens is 1. The van der Waals surface area contributed by atoms with Crippen LogP contribution in [0.15, 0.2) is 36.4 Å². The first-order valence-corrected chi connectivity index (χ1v) is 10.8. The maximum absolute atomic E-state index is 13.3. The Morgan fingerprint density at radius 3 is 2.52 bits per heavy atom. The summed E-state index contributed by atoms with van der Waals surface area (Å²) in [5, 5.41) is 0.666. The second-order valence-electron chi connectivity index (χ2n) is 9.32. The first-order valence-electron chi connectivity index (χ1n) is 10.4. The van der Waals surface area contributed by atoms with E-state index in [1.807, 2.05) is 48.3 Å². The Morgan fingerprint density at radius 1 is 1.14 bits per heavy atom. The standard InChI is InChI=1S/C23H26ClN3O2/c1-27(20-15-7-13-8-16(20)12-23(10-13,11-15)22(25)29)21(28)19-6-5-18(26-19)14-3-2-4-17(24)9-14/h2-6,9,13,15-16,20,26H,7-8,10-12H2,1H3,(H2,25,29). The van der Waals surface area contributed by atoms with E-state index in [-0.39, 0.29) is 23.3 Å². The Kier molecular flexibility index (Phi) is 4.28. The normalized spacial score (nSPS) is 32.3. The molecule has 152 valence electrons. The van der Waals surface area contributed by atoms with Crippen LogP contribution in [-0.4, -0.2) is 34.8 Å². The molecule has 4 bridgehead atoms. The first-order chi connectivity index (χ1) is 13.9. The van der Waals surface area contributed by atoms with Crippen molar-refractivity contribution in [3.05, 3.63) is 47.1 Å². The Balaban J connectivity index is 1.37. The highest BCUT2D eigenvalue weighted by Gasteiger charge is 2.59. The minimum atomic E-state index is -0.330. The third kappa shape index (κ3) is 2.98. The van der Waals surface area contributed by atoms with Crippen LogP contribution < -0.4 is 5.73 Å². The van der Waals surface area contributed by atoms with Gasteiger partial charge in [-0.05, 0) is 79.7 Å². The number of hydrogen-bond donors (Lipinski definition) is 2. The first kappa shape index (κ1) is 18.7. The molecule has 1 heterocycles. The van der Waals surface area contributed by atoms with Crippen molar-refractivity contribution in [2.24, 2.45) is 28.9 Å². The van der Waals surface area contributed by atoms with Gasteiger partial charge >= 0.3 is 0 Å². The number of carbonyl (C=O) groups excluding carboxylic acids is 2. The molecule has 4 aliphatic rings. The molecule has 6 heteroatoms. The molecule has 0 aliphatic heterocycles. The fourth-order valence-electron chi connectivity index (χ4n) is 6.60. The van der Waals surface area contributed by atoms with Crippen LogP contribution in [0.3, 0.4) is 0 Å². The molecule has 2 unspecified atom stereocenters. The highest BCUT2D eigenvalue weighted by molar-refractivity contribution is 6.30. The van der Waals surface area contributed by atoms with Crippen LogP contribution in [0.5, 0.6) is 0 Å². The zero-order chi connectivity index (χ0) is 20.3. The van der Waals surface area contributed by atoms with Crippen molar-refractivity contribution in [1.82, 2.24) is 9.88 Å². The van der Waals surface area contributed by atoms with Crippen LogP contribution >= 0.6 is 11.6 Å². The van der Waals surface area contributed by atoms with Gasteiger partial charge in [0, 0.05) is 29.2 Å². The lowest BCUT2D eigenvalue weighted by molar-refractivity contribution is -0.149. The van der Waals surface area contributed by atoms with Gasteiger partial charge in [0.25, 0.3) is 5.91 Å². The predicted molar refractivity (Wildman–Crippen MR) is 112 cm³/mol. The lowest BCUT2D eigenvalue weighted by atomic mass is 9.47. The molecule has 6 rings (SSSR count). The number of nitrogens with one attached hydrogen (secondary N) is 1. The molecule has 5 nitrogen and oxygen atoms in total. The van der Waals surface area contributed by atoms with Gasteiger partial charge in [-0.2, -0.15) is 0 Å². The van der Waals surface area contributed by atoms with Crippen LogP contribution in [-0.2, 0) is 4.79 Å². The zero-order valence-electron chi connectivity index (χ0n) is 16.5. The highest BCUT2D eigenvalue weighted by atomic mass is 35.5. The van der Waals surface area contributed by atoms with Gasteiger partial charge in [0.1, 0.15) is 5.69 Å². The Morgan fingerprint density at radius 2 is 1.86 bits per heavy atom. The minimum Gasteiger partial charge on any atom is -0.369 e. The quantitative estimate of drug-likeness (QED) is 0.794. The van der Waals surface area contributed by atoms with Crippen molar-refractivity contribution in [2.45, 2.75) is 38.1 Å². The molecule has 2 atom stereocenters. The molecule has 4 saturated carbocycles. The van der Waals surface area contributed by atoms with E-state index < -0.39 is 0 Å². The Hall–Kier alpha value is -2.27. The predicted octanol–water partition coefficient (Wildman–Crippen LogP) is 4.09. The van der Waals surface area contributed by atoms with Crippen molar-refractivity contribution < 1.29 is 9.59 Å². The van der Waals surface area contributed by atoms with Crippen molar-refractivity contribution >= 4 is 23.4 Å². The van der Waals surface area contributed by atoms with E-state index in [4.69, 9.17) is 17.3 Å². The van der Waals surface area contributed by atoms with E-state index in [1.165, 1.54) is 0 Å². The number of H-pyrrole nitrogens is 1. The van der Waals surface area contributed by atoms with E-state index in [0.717, 1.165) is 43.4 Å². The number of nitrogens with zero attached hydrogens (tertiary/aromatic N) is 1. The molecule has 4 aliphatic carbocycles. The van der Waals surface area contributed by atoms with Crippen LogP contribution in [0.4, 0.5) is 0 Å². The molecular weight excluding hydrogens is 386 g/mol. The second kappa shape index (κ2) is 6.63. The molecule has 3 N–H and O–H groups in total. The highest BCUT2D eigenvalue weighted by Crippen LogP contribution is 2.60. The fourth-order valence-corrected chi connectivity index (χ4v) is 6.79. The van der Waals surface area contributed by atoms with Crippen molar-refractivity contribution in [1.29, 1.82) is 0 Å². The molecule has 0 spiro atoms. The smallest absolute Gasteiger partial charge is 0.270 e. The number of benzene rings is 1. The monoisotopic (exact) mass is 411 g/mol. The SMILES string of the molecule is CN(C(=O)c1ccc(-c2cccc(Cl)c2)[nH]1)C1C2CC3CC1CC(C(N)=O)(C3)C2. The van der Waals surface area contributed by atoms with Gasteiger partial charge in [0.2, 0.25) is 5.91 Å². The van der Waals surface area contributed by atoms with Crippen molar-refractivity contribution in [3.63, 3.8) is 0 Å². The third-order valence-corrected chi connectivity index (χ3v) is 7.80. The van der Waals surface area contributed by atoms with E-state index in [2.05, 4.69) is 4.98 Å². The number of amides is 2. The number of carbonyl (C=O) groups is 2. The van der Waals surface area contributed by atoms with Gasteiger partial charge in [0.05, 0.1) is 0 Å². The molecular formula is C23H26ClN3O2. The summed E-state index contributed by atoms with van der Waals surface area (Å²) in [6.45, 7) is 0. The Bertz CT molecular complexity index is 968. The van der Waals surface area contributed by atoms with Crippen molar-refractivity contribution in [3.8, 4) is 11.3 Å². The maximum Gasteiger partial charge on any atom is 0.270 e. The van der Waals surface area contributed by atoms with Crippen LogP contribution in [0.25, 0.3) is 11.3 Å². The van der Waals surface area contributed by atoms with Gasteiger partial charge in [-0.15, -0.1) is 0 Å². The molecule has 2 aromatic rings. The summed E-state index contributed by atoms with van der Waals surface area (Å²) in [7, 11) is 1.91. The largest absolute Gasteiger partial charge is 0.369 e. The lowest BCUT2D eigenvalue weighted by Gasteiger charge is -2.60. The number of hydrogen-bond acceptors (Lipinski definition) is 2. The van der Waals surface area contributed by atoms with Crippen LogP contribution in [0.1, 0.15) is 42.6 Å². The summed E-state index contributed by atoms with van der Waals surface area (Å²) in [6.07, 6.45) is 4.81. The molecule has 4 fully saturated rings. The van der Waals surface area contributed by atoms with Crippen LogP contribution in [0, 0.1) is 23.2 Å². The fraction of sp³-hybridized carbons (Fsp3) is 0.478. The molecule has 2 amide bonds. The zero-order valence-corrected chi connectivity index (χ0v) is 17.3. The van der Waals surface area contributed by atoms with Gasteiger partial charge in [-0.3, -0.25) is 9.59 Å². The van der Waals surface area contributed by atoms with E-state index in [9.17, 15) is 9.59 Å². The summed E-state index contributed by atoms with van der Waals surface area (Å²) >= 11 is 6.10. The topological polar surface area (TPSA) is 79.2 Å². The number of aromatic amines is 1. The molecule has 29 heavy (non-hydrogen) atoms. The number of halogens is 1. The molecule has 0 radical (unpaired) electrons. The van der Waals surface area contributed by atoms with Gasteiger partial charge in [-0.25, -0.2) is 0 Å². The number of rotatable bonds is 4.